The Morgan fingerprint density at radius 3 is 2.76 bits per heavy atom. The molecule has 1 aliphatic rings. The Labute approximate surface area is 120 Å². The molecule has 0 amide bonds. The first-order valence-corrected chi connectivity index (χ1v) is 6.22. The van der Waals surface area contributed by atoms with E-state index in [4.69, 9.17) is 5.26 Å². The van der Waals surface area contributed by atoms with Gasteiger partial charge in [-0.05, 0) is 24.6 Å². The molecule has 7 heteroatoms. The highest BCUT2D eigenvalue weighted by molar-refractivity contribution is 5.90. The third-order valence-electron chi connectivity index (χ3n) is 3.38. The minimum Gasteiger partial charge on any atom is -0.478 e. The van der Waals surface area contributed by atoms with Gasteiger partial charge < -0.3 is 10.4 Å². The standard InChI is InChI=1S/C14H11N5O2/c1-8-11(13(20)21)12(19-14(18-8)16-7-17-19)10-4-2-9(6-15)3-5-10/h2-5,7,12H,1H3,(H,20,21)(H,16,17,18). The fraction of sp³-hybridized carbons (Fsp3) is 0.143. The summed E-state index contributed by atoms with van der Waals surface area (Å²) in [7, 11) is 0. The minimum atomic E-state index is -1.02. The van der Waals surface area contributed by atoms with E-state index < -0.39 is 12.0 Å². The number of aromatic nitrogens is 3. The number of carboxylic acids is 1. The van der Waals surface area contributed by atoms with E-state index >= 15 is 0 Å². The van der Waals surface area contributed by atoms with E-state index in [1.54, 1.807) is 31.2 Å². The number of carbonyl (C=O) groups is 1. The average Bonchev–Trinajstić information content (AvgIpc) is 2.93. The lowest BCUT2D eigenvalue weighted by Gasteiger charge is -2.27. The predicted molar refractivity (Wildman–Crippen MR) is 73.3 cm³/mol. The highest BCUT2D eigenvalue weighted by Crippen LogP contribution is 2.34. The first kappa shape index (κ1) is 12.9. The summed E-state index contributed by atoms with van der Waals surface area (Å²) in [5, 5.41) is 25.4. The maximum Gasteiger partial charge on any atom is 0.335 e. The molecule has 0 bridgehead atoms. The molecule has 1 aliphatic heterocycles. The summed E-state index contributed by atoms with van der Waals surface area (Å²) in [6.45, 7) is 1.69. The molecular weight excluding hydrogens is 270 g/mol. The molecule has 1 unspecified atom stereocenters. The van der Waals surface area contributed by atoms with Crippen LogP contribution in [0.4, 0.5) is 5.95 Å². The van der Waals surface area contributed by atoms with Gasteiger partial charge in [-0.1, -0.05) is 12.1 Å². The summed E-state index contributed by atoms with van der Waals surface area (Å²) < 4.78 is 1.53. The van der Waals surface area contributed by atoms with Gasteiger partial charge in [-0.25, -0.2) is 9.48 Å². The van der Waals surface area contributed by atoms with Crippen molar-refractivity contribution < 1.29 is 9.90 Å². The number of carboxylic acid groups (broad SMARTS) is 1. The topological polar surface area (TPSA) is 104 Å². The fourth-order valence-electron chi connectivity index (χ4n) is 2.42. The Morgan fingerprint density at radius 1 is 1.43 bits per heavy atom. The number of anilines is 1. The van der Waals surface area contributed by atoms with Crippen LogP contribution in [0.1, 0.15) is 24.1 Å². The molecule has 0 spiro atoms. The predicted octanol–water partition coefficient (Wildman–Crippen LogP) is 1.52. The molecule has 0 radical (unpaired) electrons. The van der Waals surface area contributed by atoms with Gasteiger partial charge in [0.25, 0.3) is 0 Å². The lowest BCUT2D eigenvalue weighted by molar-refractivity contribution is -0.133. The smallest absolute Gasteiger partial charge is 0.335 e. The quantitative estimate of drug-likeness (QED) is 0.865. The molecule has 104 valence electrons. The maximum absolute atomic E-state index is 11.6. The second-order valence-corrected chi connectivity index (χ2v) is 4.63. The summed E-state index contributed by atoms with van der Waals surface area (Å²) in [6.07, 6.45) is 1.37. The van der Waals surface area contributed by atoms with Crippen LogP contribution in [0.5, 0.6) is 0 Å². The van der Waals surface area contributed by atoms with E-state index in [1.807, 2.05) is 6.07 Å². The average molecular weight is 281 g/mol. The van der Waals surface area contributed by atoms with Crippen molar-refractivity contribution in [2.24, 2.45) is 0 Å². The number of nitrogens with one attached hydrogen (secondary N) is 1. The van der Waals surface area contributed by atoms with E-state index in [1.165, 1.54) is 11.0 Å². The molecule has 2 aromatic rings. The third kappa shape index (κ3) is 2.03. The lowest BCUT2D eigenvalue weighted by Crippen LogP contribution is -2.28. The highest BCUT2D eigenvalue weighted by Gasteiger charge is 2.33. The molecule has 1 atom stereocenters. The van der Waals surface area contributed by atoms with E-state index in [2.05, 4.69) is 15.4 Å². The summed E-state index contributed by atoms with van der Waals surface area (Å²) in [5.41, 5.74) is 1.98. The Hall–Kier alpha value is -3.14. The number of nitrogens with zero attached hydrogens (tertiary/aromatic N) is 4. The number of benzene rings is 1. The van der Waals surface area contributed by atoms with Crippen molar-refractivity contribution in [1.82, 2.24) is 14.8 Å². The number of hydrogen-bond acceptors (Lipinski definition) is 5. The van der Waals surface area contributed by atoms with Crippen LogP contribution in [0.2, 0.25) is 0 Å². The van der Waals surface area contributed by atoms with Crippen molar-refractivity contribution in [3.63, 3.8) is 0 Å². The fourth-order valence-corrected chi connectivity index (χ4v) is 2.42. The van der Waals surface area contributed by atoms with Gasteiger partial charge in [-0.15, -0.1) is 0 Å². The number of fused-ring (bicyclic) bond motifs is 1. The second-order valence-electron chi connectivity index (χ2n) is 4.63. The second kappa shape index (κ2) is 4.76. The molecule has 0 saturated carbocycles. The zero-order valence-electron chi connectivity index (χ0n) is 11.1. The van der Waals surface area contributed by atoms with Gasteiger partial charge in [-0.3, -0.25) is 0 Å². The van der Waals surface area contributed by atoms with Crippen LogP contribution in [-0.4, -0.2) is 25.8 Å². The highest BCUT2D eigenvalue weighted by atomic mass is 16.4. The number of rotatable bonds is 2. The number of allylic oxidation sites excluding steroid dienone is 1. The van der Waals surface area contributed by atoms with Crippen LogP contribution in [0.3, 0.4) is 0 Å². The summed E-state index contributed by atoms with van der Waals surface area (Å²) in [4.78, 5) is 15.7. The lowest BCUT2D eigenvalue weighted by atomic mass is 9.95. The van der Waals surface area contributed by atoms with E-state index in [0.29, 0.717) is 17.2 Å². The molecule has 2 heterocycles. The first-order valence-electron chi connectivity index (χ1n) is 6.22. The minimum absolute atomic E-state index is 0.206. The number of hydrogen-bond donors (Lipinski definition) is 2. The molecule has 21 heavy (non-hydrogen) atoms. The van der Waals surface area contributed by atoms with E-state index in [-0.39, 0.29) is 5.57 Å². The van der Waals surface area contributed by atoms with Crippen LogP contribution in [0.15, 0.2) is 41.9 Å². The summed E-state index contributed by atoms with van der Waals surface area (Å²) in [5.74, 6) is -0.526. The number of aliphatic carboxylic acids is 1. The SMILES string of the molecule is CC1=C(C(=O)O)C(c2ccc(C#N)cc2)n2ncnc2N1. The van der Waals surface area contributed by atoms with Gasteiger partial charge in [0.05, 0.1) is 17.2 Å². The largest absolute Gasteiger partial charge is 0.478 e. The zero-order chi connectivity index (χ0) is 15.0. The molecular formula is C14H11N5O2. The molecule has 2 N–H and O–H groups in total. The third-order valence-corrected chi connectivity index (χ3v) is 3.38. The van der Waals surface area contributed by atoms with Gasteiger partial charge in [0, 0.05) is 5.70 Å². The molecule has 0 fully saturated rings. The van der Waals surface area contributed by atoms with Crippen molar-refractivity contribution >= 4 is 11.9 Å². The summed E-state index contributed by atoms with van der Waals surface area (Å²) >= 11 is 0. The van der Waals surface area contributed by atoms with Crippen LogP contribution < -0.4 is 5.32 Å². The Kier molecular flexibility index (Phi) is 2.92. The Morgan fingerprint density at radius 2 is 2.14 bits per heavy atom. The van der Waals surface area contributed by atoms with Gasteiger partial charge in [0.2, 0.25) is 5.95 Å². The van der Waals surface area contributed by atoms with Crippen molar-refractivity contribution in [2.45, 2.75) is 13.0 Å². The van der Waals surface area contributed by atoms with Crippen molar-refractivity contribution in [2.75, 3.05) is 5.32 Å². The van der Waals surface area contributed by atoms with Gasteiger partial charge in [-0.2, -0.15) is 15.3 Å². The van der Waals surface area contributed by atoms with Gasteiger partial charge in [0.1, 0.15) is 12.4 Å². The Balaban J connectivity index is 2.17. The van der Waals surface area contributed by atoms with Crippen molar-refractivity contribution in [3.05, 3.63) is 53.0 Å². The molecule has 7 nitrogen and oxygen atoms in total. The zero-order valence-corrected chi connectivity index (χ0v) is 11.1. The van der Waals surface area contributed by atoms with Crippen LogP contribution >= 0.6 is 0 Å². The van der Waals surface area contributed by atoms with E-state index in [0.717, 1.165) is 5.56 Å². The molecule has 0 saturated heterocycles. The van der Waals surface area contributed by atoms with Gasteiger partial charge >= 0.3 is 5.97 Å². The van der Waals surface area contributed by atoms with Crippen LogP contribution in [0, 0.1) is 11.3 Å². The monoisotopic (exact) mass is 281 g/mol. The first-order chi connectivity index (χ1) is 10.1. The van der Waals surface area contributed by atoms with Gasteiger partial charge in [0.15, 0.2) is 0 Å². The number of nitriles is 1. The van der Waals surface area contributed by atoms with Crippen molar-refractivity contribution in [3.8, 4) is 6.07 Å². The van der Waals surface area contributed by atoms with Crippen molar-refractivity contribution in [1.29, 1.82) is 5.26 Å². The Bertz CT molecular complexity index is 782. The summed E-state index contributed by atoms with van der Waals surface area (Å²) in [6, 6.07) is 8.24. The molecule has 1 aromatic carbocycles. The normalized spacial score (nSPS) is 16.9. The molecule has 3 rings (SSSR count). The molecule has 1 aromatic heterocycles. The molecule has 0 aliphatic carbocycles. The maximum atomic E-state index is 11.6. The van der Waals surface area contributed by atoms with Crippen LogP contribution in [-0.2, 0) is 4.79 Å². The van der Waals surface area contributed by atoms with E-state index in [9.17, 15) is 9.90 Å². The van der Waals surface area contributed by atoms with Crippen LogP contribution in [0.25, 0.3) is 0 Å².